The normalized spacial score (nSPS) is 17.2. The zero-order valence-electron chi connectivity index (χ0n) is 17.3. The van der Waals surface area contributed by atoms with E-state index in [2.05, 4.69) is 53.1 Å². The highest BCUT2D eigenvalue weighted by Gasteiger charge is 2.27. The number of aromatic nitrogens is 3. The number of rotatable bonds is 6. The van der Waals surface area contributed by atoms with E-state index in [1.54, 1.807) is 10.7 Å². The summed E-state index contributed by atoms with van der Waals surface area (Å²) in [6.45, 7) is 8.68. The number of nitrogens with zero attached hydrogens (tertiary/aromatic N) is 5. The molecular formula is C23H29N5O. The molecule has 1 amide bonds. The van der Waals surface area contributed by atoms with Gasteiger partial charge in [-0.25, -0.2) is 9.50 Å². The first kappa shape index (κ1) is 19.6. The Bertz CT molecular complexity index is 964. The third kappa shape index (κ3) is 4.17. The molecule has 1 aliphatic rings. The van der Waals surface area contributed by atoms with Crippen LogP contribution in [0.1, 0.15) is 54.1 Å². The summed E-state index contributed by atoms with van der Waals surface area (Å²) in [6, 6.07) is 10.5. The summed E-state index contributed by atoms with van der Waals surface area (Å²) in [7, 11) is 0. The molecular weight excluding hydrogens is 362 g/mol. The van der Waals surface area contributed by atoms with Crippen LogP contribution in [0, 0.1) is 0 Å². The van der Waals surface area contributed by atoms with Crippen LogP contribution in [0.25, 0.3) is 5.65 Å². The number of benzene rings is 1. The average molecular weight is 392 g/mol. The minimum Gasteiger partial charge on any atom is -0.338 e. The molecule has 1 aliphatic heterocycles. The average Bonchev–Trinajstić information content (AvgIpc) is 3.21. The Hall–Kier alpha value is -2.73. The number of likely N-dealkylation sites (tertiary alicyclic amines) is 1. The summed E-state index contributed by atoms with van der Waals surface area (Å²) in [4.78, 5) is 22.1. The van der Waals surface area contributed by atoms with Crippen molar-refractivity contribution in [1.82, 2.24) is 24.4 Å². The number of hydrogen-bond acceptors (Lipinski definition) is 4. The van der Waals surface area contributed by atoms with Crippen molar-refractivity contribution in [2.75, 3.05) is 26.2 Å². The molecule has 3 aromatic rings. The van der Waals surface area contributed by atoms with Gasteiger partial charge in [-0.2, -0.15) is 5.10 Å². The maximum absolute atomic E-state index is 13.2. The van der Waals surface area contributed by atoms with Crippen LogP contribution in [-0.2, 0) is 6.54 Å². The van der Waals surface area contributed by atoms with Crippen molar-refractivity contribution in [3.05, 3.63) is 65.6 Å². The van der Waals surface area contributed by atoms with Gasteiger partial charge in [-0.1, -0.05) is 44.2 Å². The number of carbonyl (C=O) groups is 1. The fourth-order valence-corrected chi connectivity index (χ4v) is 4.18. The van der Waals surface area contributed by atoms with E-state index in [1.807, 2.05) is 23.4 Å². The first-order valence-electron chi connectivity index (χ1n) is 10.6. The number of fused-ring (bicyclic) bond motifs is 1. The molecule has 0 bridgehead atoms. The first-order chi connectivity index (χ1) is 14.2. The number of amides is 1. The van der Waals surface area contributed by atoms with Crippen molar-refractivity contribution < 1.29 is 4.79 Å². The van der Waals surface area contributed by atoms with Gasteiger partial charge in [-0.05, 0) is 31.5 Å². The smallest absolute Gasteiger partial charge is 0.259 e. The zero-order valence-corrected chi connectivity index (χ0v) is 17.3. The summed E-state index contributed by atoms with van der Waals surface area (Å²) in [6.07, 6.45) is 7.66. The van der Waals surface area contributed by atoms with E-state index >= 15 is 0 Å². The van der Waals surface area contributed by atoms with Gasteiger partial charge >= 0.3 is 0 Å². The van der Waals surface area contributed by atoms with E-state index in [9.17, 15) is 4.79 Å². The highest BCUT2D eigenvalue weighted by atomic mass is 16.2. The third-order valence-electron chi connectivity index (χ3n) is 5.92. The molecule has 1 atom stereocenters. The Kier molecular flexibility index (Phi) is 5.90. The van der Waals surface area contributed by atoms with Gasteiger partial charge in [0.25, 0.3) is 5.91 Å². The maximum atomic E-state index is 13.2. The second-order valence-corrected chi connectivity index (χ2v) is 7.75. The lowest BCUT2D eigenvalue weighted by molar-refractivity contribution is 0.0709. The molecule has 152 valence electrons. The summed E-state index contributed by atoms with van der Waals surface area (Å²) < 4.78 is 1.74. The standard InChI is InChI=1S/C23H29N5O/c1-3-26(4-2)15-18-13-24-22-21(14-25-28(22)16-18)23(29)27-12-8-11-20(17-27)19-9-6-5-7-10-19/h5-7,9-10,13-14,16,20H,3-4,8,11-12,15,17H2,1-2H3/t20-/m1/s1. The van der Waals surface area contributed by atoms with Crippen LogP contribution >= 0.6 is 0 Å². The molecule has 0 spiro atoms. The molecule has 0 aliphatic carbocycles. The molecule has 1 aromatic carbocycles. The van der Waals surface area contributed by atoms with Crippen molar-refractivity contribution in [2.45, 2.75) is 39.2 Å². The Morgan fingerprint density at radius 3 is 2.72 bits per heavy atom. The summed E-state index contributed by atoms with van der Waals surface area (Å²) in [5, 5.41) is 4.42. The topological polar surface area (TPSA) is 53.7 Å². The van der Waals surface area contributed by atoms with Crippen LogP contribution in [0.2, 0.25) is 0 Å². The number of hydrogen-bond donors (Lipinski definition) is 0. The van der Waals surface area contributed by atoms with Gasteiger partial charge in [-0.15, -0.1) is 0 Å². The van der Waals surface area contributed by atoms with Gasteiger partial charge in [0.1, 0.15) is 5.56 Å². The molecule has 1 saturated heterocycles. The Morgan fingerprint density at radius 2 is 1.97 bits per heavy atom. The maximum Gasteiger partial charge on any atom is 0.259 e. The third-order valence-corrected chi connectivity index (χ3v) is 5.92. The second-order valence-electron chi connectivity index (χ2n) is 7.75. The summed E-state index contributed by atoms with van der Waals surface area (Å²) in [5.41, 5.74) is 3.64. The van der Waals surface area contributed by atoms with E-state index in [0.29, 0.717) is 17.1 Å². The molecule has 0 radical (unpaired) electrons. The van der Waals surface area contributed by atoms with Crippen molar-refractivity contribution >= 4 is 11.6 Å². The molecule has 0 saturated carbocycles. The van der Waals surface area contributed by atoms with E-state index in [0.717, 1.165) is 51.1 Å². The van der Waals surface area contributed by atoms with E-state index in [-0.39, 0.29) is 5.91 Å². The van der Waals surface area contributed by atoms with Crippen LogP contribution < -0.4 is 0 Å². The monoisotopic (exact) mass is 391 g/mol. The van der Waals surface area contributed by atoms with Crippen LogP contribution in [0.3, 0.4) is 0 Å². The molecule has 29 heavy (non-hydrogen) atoms. The zero-order chi connectivity index (χ0) is 20.2. The van der Waals surface area contributed by atoms with E-state index < -0.39 is 0 Å². The van der Waals surface area contributed by atoms with Gasteiger partial charge in [0.05, 0.1) is 6.20 Å². The van der Waals surface area contributed by atoms with Crippen LogP contribution in [0.15, 0.2) is 48.9 Å². The Labute approximate surface area is 172 Å². The van der Waals surface area contributed by atoms with Gasteiger partial charge in [0, 0.05) is 43.5 Å². The molecule has 3 heterocycles. The lowest BCUT2D eigenvalue weighted by Gasteiger charge is -2.32. The first-order valence-corrected chi connectivity index (χ1v) is 10.6. The van der Waals surface area contributed by atoms with Crippen LogP contribution in [0.5, 0.6) is 0 Å². The molecule has 4 rings (SSSR count). The highest BCUT2D eigenvalue weighted by molar-refractivity contribution is 5.99. The van der Waals surface area contributed by atoms with Crippen molar-refractivity contribution in [3.8, 4) is 0 Å². The highest BCUT2D eigenvalue weighted by Crippen LogP contribution is 2.28. The van der Waals surface area contributed by atoms with Crippen LogP contribution in [-0.4, -0.2) is 56.5 Å². The predicted octanol–water partition coefficient (Wildman–Crippen LogP) is 3.59. The summed E-state index contributed by atoms with van der Waals surface area (Å²) in [5.74, 6) is 0.425. The second kappa shape index (κ2) is 8.74. The molecule has 0 unspecified atom stereocenters. The van der Waals surface area contributed by atoms with Gasteiger partial charge in [0.15, 0.2) is 5.65 Å². The Morgan fingerprint density at radius 1 is 1.17 bits per heavy atom. The largest absolute Gasteiger partial charge is 0.338 e. The molecule has 0 N–H and O–H groups in total. The minimum atomic E-state index is 0.0321. The lowest BCUT2D eigenvalue weighted by Crippen LogP contribution is -2.39. The fourth-order valence-electron chi connectivity index (χ4n) is 4.18. The molecule has 6 nitrogen and oxygen atoms in total. The Balaban J connectivity index is 1.52. The fraction of sp³-hybridized carbons (Fsp3) is 0.435. The van der Waals surface area contributed by atoms with Gasteiger partial charge in [0.2, 0.25) is 0 Å². The molecule has 6 heteroatoms. The van der Waals surface area contributed by atoms with Crippen molar-refractivity contribution in [1.29, 1.82) is 0 Å². The van der Waals surface area contributed by atoms with Crippen molar-refractivity contribution in [2.24, 2.45) is 0 Å². The van der Waals surface area contributed by atoms with Crippen molar-refractivity contribution in [3.63, 3.8) is 0 Å². The van der Waals surface area contributed by atoms with E-state index in [1.165, 1.54) is 5.56 Å². The van der Waals surface area contributed by atoms with E-state index in [4.69, 9.17) is 0 Å². The molecule has 1 fully saturated rings. The minimum absolute atomic E-state index is 0.0321. The number of piperidine rings is 1. The SMILES string of the molecule is CCN(CC)Cc1cnc2c(C(=O)N3CCC[C@@H](c4ccccc4)C3)cnn2c1. The van der Waals surface area contributed by atoms with Crippen LogP contribution in [0.4, 0.5) is 0 Å². The quantitative estimate of drug-likeness (QED) is 0.644. The predicted molar refractivity (Wildman–Crippen MR) is 114 cm³/mol. The lowest BCUT2D eigenvalue weighted by atomic mass is 9.90. The summed E-state index contributed by atoms with van der Waals surface area (Å²) >= 11 is 0. The van der Waals surface area contributed by atoms with Gasteiger partial charge in [-0.3, -0.25) is 9.69 Å². The van der Waals surface area contributed by atoms with Gasteiger partial charge < -0.3 is 4.90 Å². The number of carbonyl (C=O) groups excluding carboxylic acids is 1. The molecule has 2 aromatic heterocycles.